The lowest BCUT2D eigenvalue weighted by atomic mass is 10.1. The predicted octanol–water partition coefficient (Wildman–Crippen LogP) is 0.539. The normalized spacial score (nSPS) is 23.7. The van der Waals surface area contributed by atoms with E-state index in [-0.39, 0.29) is 11.2 Å². The molecule has 0 aromatic carbocycles. The van der Waals surface area contributed by atoms with Gasteiger partial charge in [-0.15, -0.1) is 0 Å². The highest BCUT2D eigenvalue weighted by Crippen LogP contribution is 2.23. The maximum absolute atomic E-state index is 12.1. The van der Waals surface area contributed by atoms with Gasteiger partial charge in [0.25, 0.3) is 5.56 Å². The largest absolute Gasteiger partial charge is 0.358 e. The van der Waals surface area contributed by atoms with Crippen LogP contribution in [0.3, 0.4) is 0 Å². The van der Waals surface area contributed by atoms with E-state index in [0.29, 0.717) is 6.04 Å². The molecule has 2 aliphatic heterocycles. The van der Waals surface area contributed by atoms with Gasteiger partial charge in [-0.1, -0.05) is 0 Å². The second kappa shape index (κ2) is 6.28. The van der Waals surface area contributed by atoms with Gasteiger partial charge >= 0.3 is 5.69 Å². The fourth-order valence-electron chi connectivity index (χ4n) is 3.80. The van der Waals surface area contributed by atoms with Gasteiger partial charge < -0.3 is 9.80 Å². The first-order valence-corrected chi connectivity index (χ1v) is 8.34. The molecule has 0 saturated carbocycles. The van der Waals surface area contributed by atoms with E-state index in [1.807, 2.05) is 0 Å². The zero-order valence-electron chi connectivity index (χ0n) is 13.6. The Balaban J connectivity index is 1.79. The van der Waals surface area contributed by atoms with Crippen LogP contribution >= 0.6 is 0 Å². The summed E-state index contributed by atoms with van der Waals surface area (Å²) in [7, 11) is 3.28. The third kappa shape index (κ3) is 2.84. The minimum Gasteiger partial charge on any atom is -0.358 e. The molecular weight excluding hydrogens is 280 g/mol. The van der Waals surface area contributed by atoms with Gasteiger partial charge in [-0.25, -0.2) is 4.79 Å². The fraction of sp³-hybridized carbons (Fsp3) is 0.750. The molecule has 122 valence electrons. The van der Waals surface area contributed by atoms with E-state index in [1.54, 1.807) is 17.7 Å². The first-order valence-electron chi connectivity index (χ1n) is 8.34. The van der Waals surface area contributed by atoms with Crippen molar-refractivity contribution in [2.75, 3.05) is 31.1 Å². The van der Waals surface area contributed by atoms with Crippen LogP contribution in [0.25, 0.3) is 0 Å². The molecule has 0 amide bonds. The lowest BCUT2D eigenvalue weighted by Crippen LogP contribution is -2.41. The average molecular weight is 306 g/mol. The highest BCUT2D eigenvalue weighted by atomic mass is 16.2. The fourth-order valence-corrected chi connectivity index (χ4v) is 3.80. The summed E-state index contributed by atoms with van der Waals surface area (Å²) >= 11 is 0. The molecule has 1 aromatic heterocycles. The number of rotatable bonds is 2. The molecule has 6 heteroatoms. The van der Waals surface area contributed by atoms with Crippen LogP contribution in [0.15, 0.2) is 15.7 Å². The van der Waals surface area contributed by atoms with Gasteiger partial charge in [-0.2, -0.15) is 0 Å². The average Bonchev–Trinajstić information content (AvgIpc) is 2.94. The van der Waals surface area contributed by atoms with Gasteiger partial charge in [-0.05, 0) is 45.2 Å². The van der Waals surface area contributed by atoms with Crippen molar-refractivity contribution in [1.29, 1.82) is 0 Å². The lowest BCUT2D eigenvalue weighted by Gasteiger charge is -2.27. The molecule has 3 rings (SSSR count). The Labute approximate surface area is 131 Å². The van der Waals surface area contributed by atoms with E-state index in [9.17, 15) is 9.59 Å². The molecule has 1 unspecified atom stereocenters. The molecule has 0 spiro atoms. The Morgan fingerprint density at radius 2 is 1.64 bits per heavy atom. The van der Waals surface area contributed by atoms with E-state index < -0.39 is 0 Å². The van der Waals surface area contributed by atoms with Gasteiger partial charge in [-0.3, -0.25) is 13.9 Å². The Kier molecular flexibility index (Phi) is 4.38. The molecule has 0 aliphatic carbocycles. The lowest BCUT2D eigenvalue weighted by molar-refractivity contribution is 0.225. The van der Waals surface area contributed by atoms with Gasteiger partial charge in [0.05, 0.1) is 0 Å². The minimum atomic E-state index is -0.247. The first kappa shape index (κ1) is 15.3. The topological polar surface area (TPSA) is 50.5 Å². The number of anilines is 1. The van der Waals surface area contributed by atoms with Crippen molar-refractivity contribution in [2.24, 2.45) is 14.1 Å². The van der Waals surface area contributed by atoms with Crippen molar-refractivity contribution < 1.29 is 0 Å². The van der Waals surface area contributed by atoms with Crippen molar-refractivity contribution >= 4 is 5.82 Å². The number of likely N-dealkylation sites (tertiary alicyclic amines) is 1. The standard InChI is InChI=1S/C16H26N4O2/c1-17-14(12-15(21)18(2)16(17)22)20-10-5-6-13(7-11-20)19-8-3-4-9-19/h12-13H,3-11H2,1-2H3. The zero-order chi connectivity index (χ0) is 15.7. The molecule has 2 saturated heterocycles. The van der Waals surface area contributed by atoms with Gasteiger partial charge in [0.15, 0.2) is 0 Å². The van der Waals surface area contributed by atoms with Crippen LogP contribution in [-0.2, 0) is 14.1 Å². The van der Waals surface area contributed by atoms with Gasteiger partial charge in [0.1, 0.15) is 5.82 Å². The quantitative estimate of drug-likeness (QED) is 0.800. The van der Waals surface area contributed by atoms with Crippen molar-refractivity contribution in [3.63, 3.8) is 0 Å². The number of nitrogens with zero attached hydrogens (tertiary/aromatic N) is 4. The van der Waals surface area contributed by atoms with Crippen LogP contribution in [0, 0.1) is 0 Å². The Bertz CT molecular complexity index is 643. The van der Waals surface area contributed by atoms with Crippen LogP contribution in [0.1, 0.15) is 32.1 Å². The van der Waals surface area contributed by atoms with E-state index in [4.69, 9.17) is 0 Å². The van der Waals surface area contributed by atoms with Crippen molar-refractivity contribution in [3.8, 4) is 0 Å². The molecule has 3 heterocycles. The third-order valence-electron chi connectivity index (χ3n) is 5.18. The molecule has 1 atom stereocenters. The predicted molar refractivity (Wildman–Crippen MR) is 87.6 cm³/mol. The summed E-state index contributed by atoms with van der Waals surface area (Å²) in [5.41, 5.74) is -0.471. The van der Waals surface area contributed by atoms with Crippen molar-refractivity contribution in [1.82, 2.24) is 14.0 Å². The molecule has 2 aliphatic rings. The molecule has 6 nitrogen and oxygen atoms in total. The van der Waals surface area contributed by atoms with Crippen molar-refractivity contribution in [3.05, 3.63) is 26.9 Å². The van der Waals surface area contributed by atoms with Gasteiger partial charge in [0.2, 0.25) is 0 Å². The first-order chi connectivity index (χ1) is 10.6. The van der Waals surface area contributed by atoms with E-state index >= 15 is 0 Å². The molecule has 2 fully saturated rings. The molecule has 22 heavy (non-hydrogen) atoms. The summed E-state index contributed by atoms with van der Waals surface area (Å²) in [4.78, 5) is 28.9. The molecule has 0 bridgehead atoms. The summed E-state index contributed by atoms with van der Waals surface area (Å²) in [6.07, 6.45) is 6.09. The summed E-state index contributed by atoms with van der Waals surface area (Å²) in [5, 5.41) is 0. The van der Waals surface area contributed by atoms with Crippen molar-refractivity contribution in [2.45, 2.75) is 38.1 Å². The number of hydrogen-bond acceptors (Lipinski definition) is 4. The van der Waals surface area contributed by atoms with Crippen LogP contribution < -0.4 is 16.1 Å². The number of aromatic nitrogens is 2. The summed E-state index contributed by atoms with van der Waals surface area (Å²) < 4.78 is 2.76. The van der Waals surface area contributed by atoms with Crippen LogP contribution in [0.4, 0.5) is 5.82 Å². The maximum atomic E-state index is 12.1. The minimum absolute atomic E-state index is 0.224. The summed E-state index contributed by atoms with van der Waals surface area (Å²) in [6.45, 7) is 4.30. The Hall–Kier alpha value is -1.56. The summed E-state index contributed by atoms with van der Waals surface area (Å²) in [6, 6.07) is 2.26. The molecule has 1 aromatic rings. The van der Waals surface area contributed by atoms with Gasteiger partial charge in [0, 0.05) is 39.3 Å². The Morgan fingerprint density at radius 3 is 2.36 bits per heavy atom. The molecular formula is C16H26N4O2. The van der Waals surface area contributed by atoms with Crippen LogP contribution in [-0.4, -0.2) is 46.3 Å². The molecule has 0 radical (unpaired) electrons. The van der Waals surface area contributed by atoms with Crippen LogP contribution in [0.5, 0.6) is 0 Å². The van der Waals surface area contributed by atoms with E-state index in [1.165, 1.54) is 39.4 Å². The van der Waals surface area contributed by atoms with Crippen LogP contribution in [0.2, 0.25) is 0 Å². The van der Waals surface area contributed by atoms with E-state index in [0.717, 1.165) is 36.3 Å². The zero-order valence-corrected chi connectivity index (χ0v) is 13.6. The highest BCUT2D eigenvalue weighted by Gasteiger charge is 2.25. The second-order valence-corrected chi connectivity index (χ2v) is 6.56. The number of hydrogen-bond donors (Lipinski definition) is 0. The maximum Gasteiger partial charge on any atom is 0.332 e. The monoisotopic (exact) mass is 306 g/mol. The second-order valence-electron chi connectivity index (χ2n) is 6.56. The summed E-state index contributed by atoms with van der Waals surface area (Å²) in [5.74, 6) is 0.759. The molecule has 0 N–H and O–H groups in total. The SMILES string of the molecule is Cn1c(N2CCCC(N3CCCC3)CC2)cc(=O)n(C)c1=O. The highest BCUT2D eigenvalue weighted by molar-refractivity contribution is 5.38. The third-order valence-corrected chi connectivity index (χ3v) is 5.18. The smallest absolute Gasteiger partial charge is 0.332 e. The Morgan fingerprint density at radius 1 is 0.909 bits per heavy atom. The van der Waals surface area contributed by atoms with E-state index in [2.05, 4.69) is 9.80 Å².